The fraction of sp³-hybridized carbons (Fsp3) is 0.161. The summed E-state index contributed by atoms with van der Waals surface area (Å²) in [4.78, 5) is 35.1. The van der Waals surface area contributed by atoms with Crippen molar-refractivity contribution in [3.8, 4) is 11.5 Å². The van der Waals surface area contributed by atoms with Crippen molar-refractivity contribution in [3.63, 3.8) is 0 Å². The Balaban J connectivity index is 1.40. The Morgan fingerprint density at radius 3 is 2.15 bits per heavy atom. The first-order valence-corrected chi connectivity index (χ1v) is 14.2. The molecule has 0 aromatic heterocycles. The Morgan fingerprint density at radius 1 is 0.800 bits per heavy atom. The van der Waals surface area contributed by atoms with Gasteiger partial charge in [-0.1, -0.05) is 80.4 Å². The van der Waals surface area contributed by atoms with Crippen molar-refractivity contribution in [3.05, 3.63) is 117 Å². The minimum atomic E-state index is -0.978. The van der Waals surface area contributed by atoms with Gasteiger partial charge in [0.1, 0.15) is 12.5 Å². The summed E-state index contributed by atoms with van der Waals surface area (Å²) in [5.41, 5.74) is 2.99. The first-order valence-electron chi connectivity index (χ1n) is 12.6. The maximum atomic E-state index is 14.0. The highest BCUT2D eigenvalue weighted by Gasteiger charge is 2.60. The topological polar surface area (TPSA) is 68.3 Å². The second kappa shape index (κ2) is 11.1. The van der Waals surface area contributed by atoms with E-state index in [-0.39, 0.29) is 5.91 Å². The Hall–Kier alpha value is -3.66. The number of carbonyl (C=O) groups is 2. The molecule has 9 heteroatoms. The molecule has 0 saturated carbocycles. The van der Waals surface area contributed by atoms with Gasteiger partial charge in [-0.15, -0.1) is 0 Å². The minimum Gasteiger partial charge on any atom is -0.493 e. The normalized spacial score (nSPS) is 20.1. The van der Waals surface area contributed by atoms with Crippen molar-refractivity contribution in [1.29, 1.82) is 0 Å². The number of hydrogen-bond donors (Lipinski definition) is 0. The number of nitrogens with zero attached hydrogens (tertiary/aromatic N) is 2. The van der Waals surface area contributed by atoms with E-state index in [1.807, 2.05) is 72.8 Å². The maximum Gasteiger partial charge on any atom is 0.266 e. The number of carbonyl (C=O) groups excluding carboxylic acids is 2. The van der Waals surface area contributed by atoms with Crippen LogP contribution < -0.4 is 19.4 Å². The molecule has 0 aliphatic carbocycles. The van der Waals surface area contributed by atoms with Gasteiger partial charge >= 0.3 is 0 Å². The summed E-state index contributed by atoms with van der Waals surface area (Å²) in [5, 5.41) is 1.66. The monoisotopic (exact) mass is 662 g/mol. The van der Waals surface area contributed by atoms with Crippen LogP contribution in [0.25, 0.3) is 0 Å². The van der Waals surface area contributed by atoms with Crippen molar-refractivity contribution >= 4 is 55.0 Å². The van der Waals surface area contributed by atoms with Gasteiger partial charge in [-0.3, -0.25) is 14.4 Å². The average Bonchev–Trinajstić information content (AvgIpc) is 3.49. The Labute approximate surface area is 248 Å². The van der Waals surface area contributed by atoms with Crippen LogP contribution in [0.4, 0.5) is 11.4 Å². The molecule has 3 unspecified atom stereocenters. The van der Waals surface area contributed by atoms with E-state index in [0.29, 0.717) is 28.3 Å². The minimum absolute atomic E-state index is 0.323. The van der Waals surface area contributed by atoms with E-state index < -0.39 is 24.0 Å². The summed E-state index contributed by atoms with van der Waals surface area (Å²) < 4.78 is 13.4. The van der Waals surface area contributed by atoms with E-state index in [0.717, 1.165) is 21.3 Å². The SMILES string of the molecule is COc1cc(C2C3C(=O)N(c4ccc(Br)cc4)C(=O)C3ON2c2ccccc2)c(Br)cc1OCc1ccccc1. The van der Waals surface area contributed by atoms with Crippen LogP contribution >= 0.6 is 31.9 Å². The maximum absolute atomic E-state index is 14.0. The van der Waals surface area contributed by atoms with E-state index >= 15 is 0 Å². The highest BCUT2D eigenvalue weighted by atomic mass is 79.9. The third-order valence-corrected chi connectivity index (χ3v) is 8.27. The average molecular weight is 664 g/mol. The molecule has 4 aromatic rings. The van der Waals surface area contributed by atoms with Gasteiger partial charge in [0, 0.05) is 8.95 Å². The van der Waals surface area contributed by atoms with Gasteiger partial charge in [-0.2, -0.15) is 0 Å². The summed E-state index contributed by atoms with van der Waals surface area (Å²) >= 11 is 7.13. The molecule has 4 aromatic carbocycles. The third kappa shape index (κ3) is 4.78. The van der Waals surface area contributed by atoms with E-state index in [1.165, 1.54) is 4.90 Å². The zero-order chi connectivity index (χ0) is 27.8. The second-order valence-electron chi connectivity index (χ2n) is 9.45. The molecule has 7 nitrogen and oxygen atoms in total. The number of hydroxylamine groups is 1. The predicted molar refractivity (Wildman–Crippen MR) is 158 cm³/mol. The van der Waals surface area contributed by atoms with Crippen molar-refractivity contribution in [2.75, 3.05) is 17.1 Å². The quantitative estimate of drug-likeness (QED) is 0.202. The van der Waals surface area contributed by atoms with Crippen molar-refractivity contribution in [2.45, 2.75) is 18.8 Å². The van der Waals surface area contributed by atoms with Crippen LogP contribution in [0.1, 0.15) is 17.2 Å². The summed E-state index contributed by atoms with van der Waals surface area (Å²) in [7, 11) is 1.57. The number of hydrogen-bond acceptors (Lipinski definition) is 6. The number of benzene rings is 4. The Morgan fingerprint density at radius 2 is 1.48 bits per heavy atom. The number of para-hydroxylation sites is 1. The highest BCUT2D eigenvalue weighted by molar-refractivity contribution is 9.10. The van der Waals surface area contributed by atoms with Crippen LogP contribution in [0.2, 0.25) is 0 Å². The number of methoxy groups -OCH3 is 1. The molecule has 40 heavy (non-hydrogen) atoms. The highest BCUT2D eigenvalue weighted by Crippen LogP contribution is 2.50. The molecule has 3 atom stereocenters. The van der Waals surface area contributed by atoms with Gasteiger partial charge in [0.25, 0.3) is 5.91 Å². The van der Waals surface area contributed by atoms with Crippen LogP contribution in [0.15, 0.2) is 106 Å². The number of halogens is 2. The molecule has 2 fully saturated rings. The number of imide groups is 1. The molecular weight excluding hydrogens is 640 g/mol. The zero-order valence-electron chi connectivity index (χ0n) is 21.4. The number of amides is 2. The molecule has 2 aliphatic rings. The number of rotatable bonds is 7. The van der Waals surface area contributed by atoms with Crippen molar-refractivity contribution < 1.29 is 23.9 Å². The lowest BCUT2D eigenvalue weighted by molar-refractivity contribution is -0.126. The molecule has 2 heterocycles. The smallest absolute Gasteiger partial charge is 0.266 e. The standard InChI is InChI=1S/C31H24Br2N2O5/c1-38-25-16-23(24(33)17-26(25)39-18-19-8-4-2-5-9-19)28-27-29(40-35(28)22-10-6-3-7-11-22)31(37)34(30(27)36)21-14-12-20(32)13-15-21/h2-17,27-29H,18H2,1H3. The lowest BCUT2D eigenvalue weighted by Crippen LogP contribution is -2.37. The first kappa shape index (κ1) is 26.6. The summed E-state index contributed by atoms with van der Waals surface area (Å²) in [5.74, 6) is -0.447. The molecule has 6 rings (SSSR count). The van der Waals surface area contributed by atoms with Crippen LogP contribution in [0.3, 0.4) is 0 Å². The van der Waals surface area contributed by atoms with Gasteiger partial charge in [0.2, 0.25) is 5.91 Å². The summed E-state index contributed by atoms with van der Waals surface area (Å²) in [6.07, 6.45) is -0.978. The van der Waals surface area contributed by atoms with Crippen LogP contribution in [-0.2, 0) is 21.0 Å². The van der Waals surface area contributed by atoms with Crippen molar-refractivity contribution in [2.24, 2.45) is 5.92 Å². The molecule has 2 amide bonds. The van der Waals surface area contributed by atoms with Crippen LogP contribution in [0.5, 0.6) is 11.5 Å². The molecule has 0 N–H and O–H groups in total. The van der Waals surface area contributed by atoms with Gasteiger partial charge < -0.3 is 9.47 Å². The summed E-state index contributed by atoms with van der Waals surface area (Å²) in [6, 6.07) is 29.4. The van der Waals surface area contributed by atoms with Crippen LogP contribution in [-0.4, -0.2) is 25.0 Å². The fourth-order valence-corrected chi connectivity index (χ4v) is 5.98. The number of anilines is 2. The second-order valence-corrected chi connectivity index (χ2v) is 11.2. The summed E-state index contributed by atoms with van der Waals surface area (Å²) in [6.45, 7) is 0.367. The Kier molecular flexibility index (Phi) is 7.35. The first-order chi connectivity index (χ1) is 19.5. The zero-order valence-corrected chi connectivity index (χ0v) is 24.5. The third-order valence-electron chi connectivity index (χ3n) is 7.05. The molecule has 0 radical (unpaired) electrons. The van der Waals surface area contributed by atoms with E-state index in [2.05, 4.69) is 31.9 Å². The molecule has 2 saturated heterocycles. The molecule has 2 aliphatic heterocycles. The molecule has 0 spiro atoms. The largest absolute Gasteiger partial charge is 0.493 e. The van der Waals surface area contributed by atoms with E-state index in [9.17, 15) is 9.59 Å². The molecule has 0 bridgehead atoms. The lowest BCUT2D eigenvalue weighted by Gasteiger charge is -2.29. The van der Waals surface area contributed by atoms with Gasteiger partial charge in [-0.05, 0) is 59.7 Å². The van der Waals surface area contributed by atoms with Crippen LogP contribution in [0, 0.1) is 5.92 Å². The Bertz CT molecular complexity index is 1550. The molecular formula is C31H24Br2N2O5. The fourth-order valence-electron chi connectivity index (χ4n) is 5.16. The van der Waals surface area contributed by atoms with E-state index in [1.54, 1.807) is 36.4 Å². The number of fused-ring (bicyclic) bond motifs is 1. The molecule has 202 valence electrons. The predicted octanol–water partition coefficient (Wildman–Crippen LogP) is 6.85. The van der Waals surface area contributed by atoms with Crippen molar-refractivity contribution in [1.82, 2.24) is 0 Å². The lowest BCUT2D eigenvalue weighted by atomic mass is 9.90. The van der Waals surface area contributed by atoms with Gasteiger partial charge in [0.05, 0.1) is 24.5 Å². The van der Waals surface area contributed by atoms with E-state index in [4.69, 9.17) is 14.3 Å². The van der Waals surface area contributed by atoms with Gasteiger partial charge in [0.15, 0.2) is 17.6 Å². The van der Waals surface area contributed by atoms with Gasteiger partial charge in [-0.25, -0.2) is 9.96 Å². The number of ether oxygens (including phenoxy) is 2.